The lowest BCUT2D eigenvalue weighted by Gasteiger charge is -2.09. The Morgan fingerprint density at radius 3 is 2.71 bits per heavy atom. The average molecular weight is 203 g/mol. The molecular formula is C10H10F3O. The van der Waals surface area contributed by atoms with Gasteiger partial charge in [0.1, 0.15) is 5.75 Å². The summed E-state index contributed by atoms with van der Waals surface area (Å²) in [5, 5.41) is 0. The molecule has 0 saturated heterocycles. The van der Waals surface area contributed by atoms with E-state index in [9.17, 15) is 13.2 Å². The van der Waals surface area contributed by atoms with Crippen molar-refractivity contribution in [1.29, 1.82) is 0 Å². The van der Waals surface area contributed by atoms with Crippen molar-refractivity contribution in [3.63, 3.8) is 0 Å². The predicted octanol–water partition coefficient (Wildman–Crippen LogP) is 3.20. The van der Waals surface area contributed by atoms with Crippen LogP contribution in [0, 0.1) is 5.92 Å². The molecule has 0 aromatic heterocycles. The minimum absolute atomic E-state index is 0.0466. The zero-order valence-corrected chi connectivity index (χ0v) is 7.64. The lowest BCUT2D eigenvalue weighted by Crippen LogP contribution is -2.03. The van der Waals surface area contributed by atoms with E-state index in [-0.39, 0.29) is 5.75 Å². The minimum Gasteiger partial charge on any atom is -0.435 e. The molecule has 0 N–H and O–H groups in total. The standard InChI is InChI=1S/C10H10F3O/c1-7(6-11)8-3-2-4-9(5-8)14-10(12)13/h2-5,10H,6H2,1H3. The summed E-state index contributed by atoms with van der Waals surface area (Å²) in [6.07, 6.45) is 0. The SMILES string of the molecule is C[C](CF)c1cccc(OC(F)F)c1. The highest BCUT2D eigenvalue weighted by Crippen LogP contribution is 2.21. The second-order valence-electron chi connectivity index (χ2n) is 2.82. The highest BCUT2D eigenvalue weighted by Gasteiger charge is 2.08. The van der Waals surface area contributed by atoms with Crippen molar-refractivity contribution < 1.29 is 17.9 Å². The van der Waals surface area contributed by atoms with E-state index >= 15 is 0 Å². The van der Waals surface area contributed by atoms with E-state index in [0.29, 0.717) is 11.5 Å². The maximum Gasteiger partial charge on any atom is 0.387 e. The van der Waals surface area contributed by atoms with Crippen LogP contribution in [0.2, 0.25) is 0 Å². The third-order valence-electron chi connectivity index (χ3n) is 1.75. The number of alkyl halides is 3. The van der Waals surface area contributed by atoms with Crippen LogP contribution in [0.5, 0.6) is 5.75 Å². The molecule has 0 atom stereocenters. The van der Waals surface area contributed by atoms with E-state index in [1.54, 1.807) is 19.1 Å². The molecule has 77 valence electrons. The van der Waals surface area contributed by atoms with E-state index in [4.69, 9.17) is 0 Å². The largest absolute Gasteiger partial charge is 0.435 e. The van der Waals surface area contributed by atoms with Gasteiger partial charge in [-0.15, -0.1) is 0 Å². The Balaban J connectivity index is 2.78. The van der Waals surface area contributed by atoms with Gasteiger partial charge in [-0.3, -0.25) is 4.39 Å². The predicted molar refractivity (Wildman–Crippen MR) is 47.1 cm³/mol. The third kappa shape index (κ3) is 2.94. The summed E-state index contributed by atoms with van der Waals surface area (Å²) in [7, 11) is 0. The van der Waals surface area contributed by atoms with Crippen LogP contribution in [0.3, 0.4) is 0 Å². The maximum atomic E-state index is 12.2. The number of rotatable bonds is 4. The number of hydrogen-bond acceptors (Lipinski definition) is 1. The molecule has 0 aliphatic heterocycles. The average Bonchev–Trinajstić information content (AvgIpc) is 2.16. The Morgan fingerprint density at radius 2 is 2.14 bits per heavy atom. The minimum atomic E-state index is -2.85. The van der Waals surface area contributed by atoms with Gasteiger partial charge in [0.05, 0.1) is 6.67 Å². The van der Waals surface area contributed by atoms with Gasteiger partial charge >= 0.3 is 6.61 Å². The van der Waals surface area contributed by atoms with Crippen LogP contribution in [-0.4, -0.2) is 13.3 Å². The molecule has 0 fully saturated rings. The second-order valence-corrected chi connectivity index (χ2v) is 2.82. The summed E-state index contributed by atoms with van der Waals surface area (Å²) in [6.45, 7) is -1.85. The van der Waals surface area contributed by atoms with Crippen LogP contribution in [0.1, 0.15) is 12.5 Å². The molecule has 14 heavy (non-hydrogen) atoms. The lowest BCUT2D eigenvalue weighted by molar-refractivity contribution is -0.0498. The number of ether oxygens (including phenoxy) is 1. The highest BCUT2D eigenvalue weighted by molar-refractivity contribution is 5.36. The van der Waals surface area contributed by atoms with Gasteiger partial charge < -0.3 is 4.74 Å². The van der Waals surface area contributed by atoms with Crippen LogP contribution in [0.15, 0.2) is 24.3 Å². The third-order valence-corrected chi connectivity index (χ3v) is 1.75. The first kappa shape index (κ1) is 10.9. The normalized spacial score (nSPS) is 11.0. The van der Waals surface area contributed by atoms with Crippen molar-refractivity contribution >= 4 is 0 Å². The molecule has 0 amide bonds. The number of benzene rings is 1. The van der Waals surface area contributed by atoms with Gasteiger partial charge in [0.15, 0.2) is 0 Å². The Bertz CT molecular complexity index is 288. The Kier molecular flexibility index (Phi) is 3.80. The van der Waals surface area contributed by atoms with Gasteiger partial charge in [-0.1, -0.05) is 19.1 Å². The molecule has 0 heterocycles. The quantitative estimate of drug-likeness (QED) is 0.730. The van der Waals surface area contributed by atoms with Gasteiger partial charge in [0.2, 0.25) is 0 Å². The van der Waals surface area contributed by atoms with Gasteiger partial charge in [-0.25, -0.2) is 0 Å². The molecule has 4 heteroatoms. The van der Waals surface area contributed by atoms with Crippen molar-refractivity contribution in [2.75, 3.05) is 6.67 Å². The first-order chi connectivity index (χ1) is 6.63. The van der Waals surface area contributed by atoms with Crippen molar-refractivity contribution in [3.05, 3.63) is 35.7 Å². The van der Waals surface area contributed by atoms with Crippen LogP contribution in [0.4, 0.5) is 13.2 Å². The topological polar surface area (TPSA) is 9.23 Å². The molecule has 0 aliphatic rings. The van der Waals surface area contributed by atoms with Crippen LogP contribution in [-0.2, 0) is 0 Å². The fraction of sp³-hybridized carbons (Fsp3) is 0.300. The van der Waals surface area contributed by atoms with Crippen molar-refractivity contribution in [2.45, 2.75) is 13.5 Å². The molecule has 0 bridgehead atoms. The molecule has 1 aromatic rings. The van der Waals surface area contributed by atoms with E-state index in [0.717, 1.165) is 0 Å². The van der Waals surface area contributed by atoms with E-state index in [1.807, 2.05) is 0 Å². The summed E-state index contributed by atoms with van der Waals surface area (Å²) in [4.78, 5) is 0. The molecule has 0 aliphatic carbocycles. The zero-order chi connectivity index (χ0) is 10.6. The lowest BCUT2D eigenvalue weighted by atomic mass is 10.0. The fourth-order valence-electron chi connectivity index (χ4n) is 1.01. The van der Waals surface area contributed by atoms with Crippen LogP contribution in [0.25, 0.3) is 0 Å². The molecular weight excluding hydrogens is 193 g/mol. The van der Waals surface area contributed by atoms with Gasteiger partial charge in [-0.2, -0.15) is 8.78 Å². The Labute approximate surface area is 80.5 Å². The Morgan fingerprint density at radius 1 is 1.43 bits per heavy atom. The number of hydrogen-bond donors (Lipinski definition) is 0. The summed E-state index contributed by atoms with van der Waals surface area (Å²) < 4.78 is 40.1. The zero-order valence-electron chi connectivity index (χ0n) is 7.64. The Hall–Kier alpha value is -1.19. The van der Waals surface area contributed by atoms with Crippen LogP contribution < -0.4 is 4.74 Å². The molecule has 1 rings (SSSR count). The molecule has 0 saturated carbocycles. The first-order valence-corrected chi connectivity index (χ1v) is 4.07. The monoisotopic (exact) mass is 203 g/mol. The molecule has 1 aromatic carbocycles. The summed E-state index contributed by atoms with van der Waals surface area (Å²) >= 11 is 0. The van der Waals surface area contributed by atoms with Crippen molar-refractivity contribution in [1.82, 2.24) is 0 Å². The smallest absolute Gasteiger partial charge is 0.387 e. The molecule has 0 unspecified atom stereocenters. The molecule has 1 radical (unpaired) electrons. The van der Waals surface area contributed by atoms with Gasteiger partial charge in [0, 0.05) is 5.92 Å². The fourth-order valence-corrected chi connectivity index (χ4v) is 1.01. The highest BCUT2D eigenvalue weighted by atomic mass is 19.3. The molecule has 1 nitrogen and oxygen atoms in total. The van der Waals surface area contributed by atoms with Gasteiger partial charge in [-0.05, 0) is 17.7 Å². The van der Waals surface area contributed by atoms with Crippen molar-refractivity contribution in [3.8, 4) is 5.75 Å². The summed E-state index contributed by atoms with van der Waals surface area (Å²) in [5.74, 6) is 0.537. The second kappa shape index (κ2) is 4.88. The number of halogens is 3. The molecule has 0 spiro atoms. The van der Waals surface area contributed by atoms with E-state index in [1.165, 1.54) is 12.1 Å². The summed E-state index contributed by atoms with van der Waals surface area (Å²) in [6, 6.07) is 5.99. The summed E-state index contributed by atoms with van der Waals surface area (Å²) in [5.41, 5.74) is 0.575. The maximum absolute atomic E-state index is 12.2. The van der Waals surface area contributed by atoms with Crippen molar-refractivity contribution in [2.24, 2.45) is 0 Å². The first-order valence-electron chi connectivity index (χ1n) is 4.07. The van der Waals surface area contributed by atoms with Crippen LogP contribution >= 0.6 is 0 Å². The van der Waals surface area contributed by atoms with E-state index < -0.39 is 13.3 Å². The van der Waals surface area contributed by atoms with E-state index in [2.05, 4.69) is 4.74 Å². The van der Waals surface area contributed by atoms with Gasteiger partial charge in [0.25, 0.3) is 0 Å².